The molecule has 4 rings (SSSR count). The van der Waals surface area contributed by atoms with Gasteiger partial charge in [-0.25, -0.2) is 4.98 Å². The number of aromatic amines is 1. The SMILES string of the molecule is Cc1cccc(CN2CCC(c3cc4ncc(C)nc4[nH]3)CC2)n1. The van der Waals surface area contributed by atoms with Gasteiger partial charge in [0, 0.05) is 30.0 Å². The van der Waals surface area contributed by atoms with Crippen LogP contribution in [-0.4, -0.2) is 37.9 Å². The van der Waals surface area contributed by atoms with E-state index in [9.17, 15) is 0 Å². The number of rotatable bonds is 3. The molecule has 3 aromatic rings. The van der Waals surface area contributed by atoms with Crippen molar-refractivity contribution in [1.29, 1.82) is 0 Å². The molecule has 3 aromatic heterocycles. The second-order valence-corrected chi connectivity index (χ2v) is 6.79. The van der Waals surface area contributed by atoms with Gasteiger partial charge < -0.3 is 4.98 Å². The summed E-state index contributed by atoms with van der Waals surface area (Å²) in [4.78, 5) is 19.6. The van der Waals surface area contributed by atoms with Gasteiger partial charge in [0.05, 0.1) is 11.4 Å². The topological polar surface area (TPSA) is 57.7 Å². The lowest BCUT2D eigenvalue weighted by Crippen LogP contribution is -2.32. The van der Waals surface area contributed by atoms with Crippen LogP contribution >= 0.6 is 0 Å². The smallest absolute Gasteiger partial charge is 0.156 e. The average molecular weight is 321 g/mol. The van der Waals surface area contributed by atoms with Crippen molar-refractivity contribution in [1.82, 2.24) is 24.8 Å². The van der Waals surface area contributed by atoms with Gasteiger partial charge in [-0.15, -0.1) is 0 Å². The fraction of sp³-hybridized carbons (Fsp3) is 0.421. The summed E-state index contributed by atoms with van der Waals surface area (Å²) in [5.74, 6) is 0.572. The Hall–Kier alpha value is -2.27. The highest BCUT2D eigenvalue weighted by atomic mass is 15.1. The third kappa shape index (κ3) is 3.17. The van der Waals surface area contributed by atoms with Crippen LogP contribution in [0.5, 0.6) is 0 Å². The van der Waals surface area contributed by atoms with Gasteiger partial charge in [0.25, 0.3) is 0 Å². The van der Waals surface area contributed by atoms with E-state index >= 15 is 0 Å². The van der Waals surface area contributed by atoms with Gasteiger partial charge in [-0.1, -0.05) is 6.07 Å². The Morgan fingerprint density at radius 2 is 1.96 bits per heavy atom. The number of aromatic nitrogens is 4. The van der Waals surface area contributed by atoms with Crippen LogP contribution < -0.4 is 0 Å². The summed E-state index contributed by atoms with van der Waals surface area (Å²) in [5.41, 5.74) is 6.39. The summed E-state index contributed by atoms with van der Waals surface area (Å²) in [6.07, 6.45) is 4.16. The normalized spacial score (nSPS) is 16.8. The Kier molecular flexibility index (Phi) is 4.02. The Bertz CT molecular complexity index is 846. The van der Waals surface area contributed by atoms with Crippen LogP contribution in [0.4, 0.5) is 0 Å². The molecule has 0 unspecified atom stereocenters. The first-order chi connectivity index (χ1) is 11.7. The molecule has 1 fully saturated rings. The number of likely N-dealkylation sites (tertiary alicyclic amines) is 1. The molecular formula is C19H23N5. The first-order valence-corrected chi connectivity index (χ1v) is 8.64. The Balaban J connectivity index is 1.41. The summed E-state index contributed by atoms with van der Waals surface area (Å²) in [6, 6.07) is 8.44. The summed E-state index contributed by atoms with van der Waals surface area (Å²) >= 11 is 0. The van der Waals surface area contributed by atoms with Crippen molar-refractivity contribution >= 4 is 11.2 Å². The number of hydrogen-bond acceptors (Lipinski definition) is 4. The van der Waals surface area contributed by atoms with Crippen LogP contribution in [-0.2, 0) is 6.54 Å². The van der Waals surface area contributed by atoms with E-state index in [0.717, 1.165) is 55.0 Å². The highest BCUT2D eigenvalue weighted by Crippen LogP contribution is 2.29. The molecular weight excluding hydrogens is 298 g/mol. The molecule has 1 aliphatic heterocycles. The molecule has 0 spiro atoms. The zero-order valence-corrected chi connectivity index (χ0v) is 14.3. The van der Waals surface area contributed by atoms with Crippen molar-refractivity contribution in [3.63, 3.8) is 0 Å². The molecule has 1 N–H and O–H groups in total. The number of nitrogens with one attached hydrogen (secondary N) is 1. The summed E-state index contributed by atoms with van der Waals surface area (Å²) in [7, 11) is 0. The molecule has 4 heterocycles. The molecule has 1 aliphatic rings. The minimum absolute atomic E-state index is 0.572. The summed E-state index contributed by atoms with van der Waals surface area (Å²) < 4.78 is 0. The van der Waals surface area contributed by atoms with Crippen molar-refractivity contribution in [2.45, 2.75) is 39.2 Å². The van der Waals surface area contributed by atoms with Crippen LogP contribution in [0.2, 0.25) is 0 Å². The second kappa shape index (κ2) is 6.32. The third-order valence-corrected chi connectivity index (χ3v) is 4.84. The van der Waals surface area contributed by atoms with Gasteiger partial charge in [-0.05, 0) is 58.0 Å². The Labute approximate surface area is 142 Å². The van der Waals surface area contributed by atoms with Crippen molar-refractivity contribution in [2.75, 3.05) is 13.1 Å². The zero-order valence-electron chi connectivity index (χ0n) is 14.3. The molecule has 124 valence electrons. The van der Waals surface area contributed by atoms with E-state index in [4.69, 9.17) is 0 Å². The lowest BCUT2D eigenvalue weighted by atomic mass is 9.93. The number of pyridine rings is 1. The van der Waals surface area contributed by atoms with Gasteiger partial charge in [0.2, 0.25) is 0 Å². The van der Waals surface area contributed by atoms with E-state index in [-0.39, 0.29) is 0 Å². The molecule has 0 bridgehead atoms. The zero-order chi connectivity index (χ0) is 16.5. The van der Waals surface area contributed by atoms with E-state index in [1.54, 1.807) is 0 Å². The molecule has 0 atom stereocenters. The van der Waals surface area contributed by atoms with Gasteiger partial charge >= 0.3 is 0 Å². The molecule has 0 aromatic carbocycles. The largest absolute Gasteiger partial charge is 0.342 e. The maximum absolute atomic E-state index is 4.62. The third-order valence-electron chi connectivity index (χ3n) is 4.84. The monoisotopic (exact) mass is 321 g/mol. The van der Waals surface area contributed by atoms with Crippen molar-refractivity contribution in [2.24, 2.45) is 0 Å². The lowest BCUT2D eigenvalue weighted by Gasteiger charge is -2.31. The highest BCUT2D eigenvalue weighted by Gasteiger charge is 2.22. The number of aryl methyl sites for hydroxylation is 2. The predicted octanol–water partition coefficient (Wildman–Crippen LogP) is 3.35. The molecule has 0 saturated carbocycles. The molecule has 1 saturated heterocycles. The molecule has 24 heavy (non-hydrogen) atoms. The Morgan fingerprint density at radius 3 is 2.75 bits per heavy atom. The lowest BCUT2D eigenvalue weighted by molar-refractivity contribution is 0.201. The molecule has 0 radical (unpaired) electrons. The van der Waals surface area contributed by atoms with E-state index < -0.39 is 0 Å². The van der Waals surface area contributed by atoms with Crippen molar-refractivity contribution < 1.29 is 0 Å². The van der Waals surface area contributed by atoms with Crippen molar-refractivity contribution in [3.05, 3.63) is 53.2 Å². The number of piperidine rings is 1. The average Bonchev–Trinajstić information content (AvgIpc) is 2.98. The minimum atomic E-state index is 0.572. The number of hydrogen-bond donors (Lipinski definition) is 1. The molecule has 5 heteroatoms. The number of H-pyrrole nitrogens is 1. The summed E-state index contributed by atoms with van der Waals surface area (Å²) in [5, 5.41) is 0. The highest BCUT2D eigenvalue weighted by molar-refractivity contribution is 5.71. The maximum Gasteiger partial charge on any atom is 0.156 e. The number of nitrogens with zero attached hydrogens (tertiary/aromatic N) is 4. The fourth-order valence-corrected chi connectivity index (χ4v) is 3.54. The summed E-state index contributed by atoms with van der Waals surface area (Å²) in [6.45, 7) is 7.19. The van der Waals surface area contributed by atoms with E-state index in [0.29, 0.717) is 5.92 Å². The van der Waals surface area contributed by atoms with Crippen LogP contribution in [0.15, 0.2) is 30.5 Å². The van der Waals surface area contributed by atoms with Crippen LogP contribution in [0.25, 0.3) is 11.2 Å². The van der Waals surface area contributed by atoms with Gasteiger partial charge in [0.15, 0.2) is 5.65 Å². The molecule has 0 amide bonds. The van der Waals surface area contributed by atoms with Crippen LogP contribution in [0.3, 0.4) is 0 Å². The second-order valence-electron chi connectivity index (χ2n) is 6.79. The van der Waals surface area contributed by atoms with Gasteiger partial charge in [-0.2, -0.15) is 0 Å². The van der Waals surface area contributed by atoms with Crippen molar-refractivity contribution in [3.8, 4) is 0 Å². The van der Waals surface area contributed by atoms with Crippen LogP contribution in [0, 0.1) is 13.8 Å². The van der Waals surface area contributed by atoms with Crippen LogP contribution in [0.1, 0.15) is 41.5 Å². The fourth-order valence-electron chi connectivity index (χ4n) is 3.54. The first kappa shape index (κ1) is 15.3. The van der Waals surface area contributed by atoms with Gasteiger partial charge in [0.1, 0.15) is 5.52 Å². The van der Waals surface area contributed by atoms with E-state index in [1.165, 1.54) is 11.4 Å². The first-order valence-electron chi connectivity index (χ1n) is 8.64. The maximum atomic E-state index is 4.62. The number of fused-ring (bicyclic) bond motifs is 1. The Morgan fingerprint density at radius 1 is 1.12 bits per heavy atom. The minimum Gasteiger partial charge on any atom is -0.342 e. The predicted molar refractivity (Wildman–Crippen MR) is 94.9 cm³/mol. The standard InChI is InChI=1S/C19H23N5/c1-13-4-3-5-16(21-13)12-24-8-6-15(7-9-24)17-10-18-19(23-17)22-14(2)11-20-18/h3-5,10-11,15H,6-9,12H2,1-2H3,(H,22,23). The molecule has 0 aliphatic carbocycles. The quantitative estimate of drug-likeness (QED) is 0.804. The van der Waals surface area contributed by atoms with E-state index in [2.05, 4.69) is 56.0 Å². The van der Waals surface area contributed by atoms with E-state index in [1.807, 2.05) is 13.1 Å². The molecule has 5 nitrogen and oxygen atoms in total. The van der Waals surface area contributed by atoms with Gasteiger partial charge in [-0.3, -0.25) is 14.9 Å².